The molecule has 0 saturated carbocycles. The van der Waals surface area contributed by atoms with Crippen molar-refractivity contribution < 1.29 is 9.59 Å². The van der Waals surface area contributed by atoms with Crippen molar-refractivity contribution in [2.45, 2.75) is 13.8 Å². The Bertz CT molecular complexity index is 455. The van der Waals surface area contributed by atoms with Crippen LogP contribution in [-0.2, 0) is 4.79 Å². The highest BCUT2D eigenvalue weighted by atomic mass is 16.2. The highest BCUT2D eigenvalue weighted by Crippen LogP contribution is 2.12. The van der Waals surface area contributed by atoms with E-state index in [0.29, 0.717) is 17.8 Å². The lowest BCUT2D eigenvalue weighted by atomic mass is 10.1. The molecule has 0 heterocycles. The molecular formula is C15H23N3O2. The maximum atomic E-state index is 12.1. The van der Waals surface area contributed by atoms with Gasteiger partial charge in [-0.3, -0.25) is 9.59 Å². The molecule has 0 spiro atoms. The fourth-order valence-corrected chi connectivity index (χ4v) is 1.58. The summed E-state index contributed by atoms with van der Waals surface area (Å²) in [6, 6.07) is 6.96. The molecule has 110 valence electrons. The zero-order valence-corrected chi connectivity index (χ0v) is 12.6. The maximum absolute atomic E-state index is 12.1. The van der Waals surface area contributed by atoms with Gasteiger partial charge in [0.25, 0.3) is 5.91 Å². The van der Waals surface area contributed by atoms with E-state index in [0.717, 1.165) is 6.54 Å². The van der Waals surface area contributed by atoms with Crippen molar-refractivity contribution in [1.82, 2.24) is 10.2 Å². The molecule has 0 saturated heterocycles. The van der Waals surface area contributed by atoms with Gasteiger partial charge in [-0.05, 0) is 31.3 Å². The molecule has 0 unspecified atom stereocenters. The summed E-state index contributed by atoms with van der Waals surface area (Å²) in [5.41, 5.74) is 1.32. The summed E-state index contributed by atoms with van der Waals surface area (Å²) in [5, 5.41) is 5.80. The Morgan fingerprint density at radius 1 is 1.20 bits per heavy atom. The molecule has 0 fully saturated rings. The molecule has 0 bridgehead atoms. The lowest BCUT2D eigenvalue weighted by molar-refractivity contribution is -0.118. The number of carbonyl (C=O) groups excluding carboxylic acids is 2. The van der Waals surface area contributed by atoms with Crippen LogP contribution >= 0.6 is 0 Å². The lowest BCUT2D eigenvalue weighted by Crippen LogP contribution is -2.32. The van der Waals surface area contributed by atoms with Crippen LogP contribution in [0.15, 0.2) is 24.3 Å². The SMILES string of the molecule is CNCCN(C)C(=O)c1ccc(NC(=O)C(C)C)cc1. The molecule has 0 atom stereocenters. The maximum Gasteiger partial charge on any atom is 0.253 e. The van der Waals surface area contributed by atoms with Gasteiger partial charge in [0.15, 0.2) is 0 Å². The first-order valence-corrected chi connectivity index (χ1v) is 6.76. The van der Waals surface area contributed by atoms with Crippen LogP contribution in [0.25, 0.3) is 0 Å². The normalized spacial score (nSPS) is 10.4. The summed E-state index contributed by atoms with van der Waals surface area (Å²) in [7, 11) is 3.62. The Labute approximate surface area is 120 Å². The zero-order chi connectivity index (χ0) is 15.1. The van der Waals surface area contributed by atoms with Crippen molar-refractivity contribution >= 4 is 17.5 Å². The van der Waals surface area contributed by atoms with Gasteiger partial charge in [-0.25, -0.2) is 0 Å². The summed E-state index contributed by atoms with van der Waals surface area (Å²) in [4.78, 5) is 25.3. The van der Waals surface area contributed by atoms with E-state index in [1.165, 1.54) is 0 Å². The summed E-state index contributed by atoms with van der Waals surface area (Å²) in [6.07, 6.45) is 0. The molecular weight excluding hydrogens is 254 g/mol. The Morgan fingerprint density at radius 2 is 1.80 bits per heavy atom. The van der Waals surface area contributed by atoms with Gasteiger partial charge < -0.3 is 15.5 Å². The van der Waals surface area contributed by atoms with Crippen molar-refractivity contribution in [1.29, 1.82) is 0 Å². The highest BCUT2D eigenvalue weighted by molar-refractivity contribution is 5.96. The first-order chi connectivity index (χ1) is 9.45. The van der Waals surface area contributed by atoms with Crippen LogP contribution in [0.4, 0.5) is 5.69 Å². The Balaban J connectivity index is 2.66. The van der Waals surface area contributed by atoms with Gasteiger partial charge in [-0.1, -0.05) is 13.8 Å². The molecule has 0 radical (unpaired) electrons. The van der Waals surface area contributed by atoms with E-state index < -0.39 is 0 Å². The van der Waals surface area contributed by atoms with Crippen LogP contribution in [0.3, 0.4) is 0 Å². The van der Waals surface area contributed by atoms with Gasteiger partial charge >= 0.3 is 0 Å². The Hall–Kier alpha value is -1.88. The topological polar surface area (TPSA) is 61.4 Å². The predicted molar refractivity (Wildman–Crippen MR) is 80.8 cm³/mol. The predicted octanol–water partition coefficient (Wildman–Crippen LogP) is 1.57. The van der Waals surface area contributed by atoms with Crippen LogP contribution in [0, 0.1) is 5.92 Å². The smallest absolute Gasteiger partial charge is 0.253 e. The van der Waals surface area contributed by atoms with Gasteiger partial charge in [-0.15, -0.1) is 0 Å². The fraction of sp³-hybridized carbons (Fsp3) is 0.467. The van der Waals surface area contributed by atoms with Gasteiger partial charge in [0.2, 0.25) is 5.91 Å². The van der Waals surface area contributed by atoms with E-state index in [9.17, 15) is 9.59 Å². The van der Waals surface area contributed by atoms with E-state index in [-0.39, 0.29) is 17.7 Å². The number of hydrogen-bond donors (Lipinski definition) is 2. The van der Waals surface area contributed by atoms with Gasteiger partial charge in [-0.2, -0.15) is 0 Å². The van der Waals surface area contributed by atoms with Crippen LogP contribution < -0.4 is 10.6 Å². The first kappa shape index (κ1) is 16.2. The third kappa shape index (κ3) is 4.66. The van der Waals surface area contributed by atoms with Crippen LogP contribution in [0.5, 0.6) is 0 Å². The number of carbonyl (C=O) groups is 2. The number of rotatable bonds is 6. The molecule has 0 aliphatic heterocycles. The monoisotopic (exact) mass is 277 g/mol. The largest absolute Gasteiger partial charge is 0.340 e. The quantitative estimate of drug-likeness (QED) is 0.830. The van der Waals surface area contributed by atoms with E-state index in [1.54, 1.807) is 36.2 Å². The molecule has 5 heteroatoms. The standard InChI is InChI=1S/C15H23N3O2/c1-11(2)14(19)17-13-7-5-12(6-8-13)15(20)18(4)10-9-16-3/h5-8,11,16H,9-10H2,1-4H3,(H,17,19). The van der Waals surface area contributed by atoms with E-state index in [2.05, 4.69) is 10.6 Å². The summed E-state index contributed by atoms with van der Waals surface area (Å²) < 4.78 is 0. The minimum absolute atomic E-state index is 0.0259. The molecule has 1 rings (SSSR count). The minimum atomic E-state index is -0.0658. The molecule has 0 aliphatic rings. The Morgan fingerprint density at radius 3 is 2.30 bits per heavy atom. The van der Waals surface area contributed by atoms with Crippen molar-refractivity contribution in [3.05, 3.63) is 29.8 Å². The number of hydrogen-bond acceptors (Lipinski definition) is 3. The lowest BCUT2D eigenvalue weighted by Gasteiger charge is -2.17. The third-order valence-corrected chi connectivity index (χ3v) is 2.97. The summed E-state index contributed by atoms with van der Waals surface area (Å²) in [5.74, 6) is -0.124. The van der Waals surface area contributed by atoms with Crippen LogP contribution in [0.1, 0.15) is 24.2 Å². The first-order valence-electron chi connectivity index (χ1n) is 6.76. The van der Waals surface area contributed by atoms with Gasteiger partial charge in [0.05, 0.1) is 0 Å². The average molecular weight is 277 g/mol. The van der Waals surface area contributed by atoms with E-state index >= 15 is 0 Å². The highest BCUT2D eigenvalue weighted by Gasteiger charge is 2.12. The summed E-state index contributed by atoms with van der Waals surface area (Å²) in [6.45, 7) is 5.08. The molecule has 20 heavy (non-hydrogen) atoms. The minimum Gasteiger partial charge on any atom is -0.340 e. The molecule has 0 aromatic heterocycles. The van der Waals surface area contributed by atoms with E-state index in [1.807, 2.05) is 20.9 Å². The third-order valence-electron chi connectivity index (χ3n) is 2.97. The fourth-order valence-electron chi connectivity index (χ4n) is 1.58. The number of anilines is 1. The number of amides is 2. The van der Waals surface area contributed by atoms with Gasteiger partial charge in [0.1, 0.15) is 0 Å². The molecule has 0 aliphatic carbocycles. The number of nitrogens with one attached hydrogen (secondary N) is 2. The van der Waals surface area contributed by atoms with Crippen molar-refractivity contribution in [2.24, 2.45) is 5.92 Å². The summed E-state index contributed by atoms with van der Waals surface area (Å²) >= 11 is 0. The average Bonchev–Trinajstić information content (AvgIpc) is 2.44. The number of nitrogens with zero attached hydrogens (tertiary/aromatic N) is 1. The van der Waals surface area contributed by atoms with Crippen molar-refractivity contribution in [3.63, 3.8) is 0 Å². The molecule has 1 aromatic carbocycles. The molecule has 5 nitrogen and oxygen atoms in total. The Kier molecular flexibility index (Phi) is 6.18. The molecule has 1 aromatic rings. The second-order valence-electron chi connectivity index (χ2n) is 5.05. The molecule has 2 N–H and O–H groups in total. The second kappa shape index (κ2) is 7.65. The van der Waals surface area contributed by atoms with Crippen molar-refractivity contribution in [2.75, 3.05) is 32.5 Å². The van der Waals surface area contributed by atoms with Crippen LogP contribution in [0.2, 0.25) is 0 Å². The second-order valence-corrected chi connectivity index (χ2v) is 5.05. The number of benzene rings is 1. The number of likely N-dealkylation sites (N-methyl/N-ethyl adjacent to an activating group) is 2. The zero-order valence-electron chi connectivity index (χ0n) is 12.6. The van der Waals surface area contributed by atoms with Crippen LogP contribution in [-0.4, -0.2) is 43.9 Å². The van der Waals surface area contributed by atoms with E-state index in [4.69, 9.17) is 0 Å². The van der Waals surface area contributed by atoms with Gasteiger partial charge in [0, 0.05) is 37.3 Å². The van der Waals surface area contributed by atoms with Crippen molar-refractivity contribution in [3.8, 4) is 0 Å². The molecule has 2 amide bonds.